The number of nitrogens with one attached hydrogen (secondary N) is 4. The van der Waals surface area contributed by atoms with E-state index in [-0.39, 0.29) is 230 Å². The van der Waals surface area contributed by atoms with Crippen LogP contribution >= 0.6 is 81.2 Å². The van der Waals surface area contributed by atoms with Crippen LogP contribution in [0.2, 0.25) is 0 Å². The van der Waals surface area contributed by atoms with Gasteiger partial charge in [-0.3, -0.25) is 48.7 Å². The van der Waals surface area contributed by atoms with Crippen LogP contribution in [0.15, 0.2) is 180 Å². The number of nitrogen functional groups attached to an aromatic ring is 1. The summed E-state index contributed by atoms with van der Waals surface area (Å²) in [6, 6.07) is 15.5. The van der Waals surface area contributed by atoms with Crippen LogP contribution in [-0.4, -0.2) is 325 Å². The van der Waals surface area contributed by atoms with E-state index in [2.05, 4.69) is 107 Å². The first-order valence-electron chi connectivity index (χ1n) is 41.0. The Morgan fingerprint density at radius 2 is 0.757 bits per heavy atom. The van der Waals surface area contributed by atoms with E-state index in [1.54, 1.807) is 54.7 Å². The van der Waals surface area contributed by atoms with Crippen molar-refractivity contribution in [1.82, 2.24) is 33.6 Å². The smallest absolute Gasteiger partial charge is 1.00 e. The van der Waals surface area contributed by atoms with Gasteiger partial charge in [0.25, 0.3) is 0 Å². The van der Waals surface area contributed by atoms with Crippen LogP contribution in [0.4, 0.5) is 51.1 Å². The number of aromatic carboxylic acids is 4. The average Bonchev–Trinajstić information content (AvgIpc) is 0.927. The number of halogens is 8. The number of ether oxygens (including phenoxy) is 9. The minimum absolute atomic E-state index is 0. The average molecular weight is 2280 g/mol. The van der Waals surface area contributed by atoms with Crippen LogP contribution in [-0.2, 0) is 81.1 Å². The third kappa shape index (κ3) is 87.0. The summed E-state index contributed by atoms with van der Waals surface area (Å²) < 4.78 is 65.9. The third-order valence-corrected chi connectivity index (χ3v) is 14.9. The van der Waals surface area contributed by atoms with Gasteiger partial charge in [0.05, 0.1) is 68.9 Å². The third-order valence-electron chi connectivity index (χ3n) is 14.7. The molecule has 62 heteroatoms. The number of carbonyl (C=O) groups is 16. The molecule has 50 nitrogen and oxygen atoms in total. The van der Waals surface area contributed by atoms with Gasteiger partial charge in [-0.2, -0.15) is 0 Å². The number of nitrogens with zero attached hydrogens (tertiary/aromatic N) is 7. The number of benzene rings is 4. The molecule has 0 spiro atoms. The Morgan fingerprint density at radius 3 is 0.993 bits per heavy atom. The summed E-state index contributed by atoms with van der Waals surface area (Å²) in [6.07, 6.45) is 15.5. The van der Waals surface area contributed by atoms with Gasteiger partial charge in [0.2, 0.25) is 5.24 Å². The molecule has 2 atom stereocenters. The van der Waals surface area contributed by atoms with E-state index in [1.807, 2.05) is 13.8 Å². The van der Waals surface area contributed by atoms with Gasteiger partial charge in [0, 0.05) is 69.4 Å². The number of nitrogens with two attached hydrogens (primary N) is 1. The van der Waals surface area contributed by atoms with E-state index in [4.69, 9.17) is 162 Å². The van der Waals surface area contributed by atoms with Crippen molar-refractivity contribution in [2.24, 2.45) is 11.8 Å². The van der Waals surface area contributed by atoms with E-state index < -0.39 is 110 Å². The predicted molar refractivity (Wildman–Crippen MR) is 531 cm³/mol. The van der Waals surface area contributed by atoms with Crippen molar-refractivity contribution in [3.8, 4) is 23.0 Å². The number of anilines is 4. The Kier molecular flexibility index (Phi) is 111. The number of aliphatic hydroxyl groups excluding tert-OH is 3. The maximum Gasteiger partial charge on any atom is 1.00 e. The first kappa shape index (κ1) is 156. The van der Waals surface area contributed by atoms with E-state index >= 15 is 0 Å². The molecule has 3 aromatic heterocycles. The molecule has 0 aliphatic rings. The largest absolute Gasteiger partial charge is 1.00 e. The molecular formula is C86H114AlBCl7FN12Na2O38. The maximum absolute atomic E-state index is 11.5. The number of rotatable bonds is 34. The number of hydrogen-bond donors (Lipinski definition) is 16. The SMILES string of the molecule is C=CC(=O)Cl.C=CC(=O)OCCO.C=CC(=O)OCCOC(=O)Nc1cccc(C(=O)O)c1O.C=CC(=O)OCCOC(=O)n1ccnc1.CCC(C)C(=O)OCCOC(=O)Nc1cccc(C(=O)O)c1O.CCC(C)C(=O)OCCOC(=O)Nc1cccc(C(=O)[O-])c1O.CCN(CC)CC.ClC(Cl)Cl.ClC(Cl)Cl.Nc1cccc(C(=O)O)c1O.O=C(n1ccnc1)n1ccnc1.O=COO.OCCO.[2H]CF.[B].[H-].[NH]=[Al].[Na+].[Na+]. The number of aromatic nitrogens is 6. The second-order valence-electron chi connectivity index (χ2n) is 24.2. The molecule has 0 aliphatic heterocycles. The topological polar surface area (TPSA) is 754 Å². The molecule has 810 valence electrons. The van der Waals surface area contributed by atoms with Gasteiger partial charge in [0.1, 0.15) is 101 Å². The molecule has 0 fully saturated rings. The Bertz CT molecular complexity index is 4810. The molecule has 0 saturated carbocycles. The van der Waals surface area contributed by atoms with Crippen molar-refractivity contribution < 1.29 is 252 Å². The van der Waals surface area contributed by atoms with Gasteiger partial charge in [-0.15, -0.1) is 0 Å². The number of imidazole rings is 3. The van der Waals surface area contributed by atoms with Crippen molar-refractivity contribution in [3.05, 3.63) is 202 Å². The number of carbonyl (C=O) groups excluding carboxylic acids is 13. The van der Waals surface area contributed by atoms with E-state index in [0.717, 1.165) is 30.4 Å². The zero-order valence-electron chi connectivity index (χ0n) is 83.2. The zero-order valence-corrected chi connectivity index (χ0v) is 91.7. The van der Waals surface area contributed by atoms with E-state index in [9.17, 15) is 96.7 Å². The van der Waals surface area contributed by atoms with Crippen LogP contribution in [0, 0.1) is 16.2 Å². The minimum Gasteiger partial charge on any atom is 1.00 e. The normalized spacial score (nSPS) is 9.48. The molecule has 3 heterocycles. The van der Waals surface area contributed by atoms with Crippen LogP contribution in [0.25, 0.3) is 0 Å². The first-order chi connectivity index (χ1) is 69.0. The maximum atomic E-state index is 11.5. The molecule has 0 bridgehead atoms. The molecule has 7 rings (SSSR count). The zero-order chi connectivity index (χ0) is 114. The van der Waals surface area contributed by atoms with Gasteiger partial charge in [-0.1, -0.05) is 169 Å². The van der Waals surface area contributed by atoms with Crippen LogP contribution in [0.5, 0.6) is 23.0 Å². The summed E-state index contributed by atoms with van der Waals surface area (Å²) in [7, 11) is -1.00. The number of hydrogen-bond acceptors (Lipinski definition) is 41. The quantitative estimate of drug-likeness (QED) is 0.00201. The molecule has 7 aromatic rings. The summed E-state index contributed by atoms with van der Waals surface area (Å²) in [6.45, 7) is 28.7. The van der Waals surface area contributed by atoms with Gasteiger partial charge >= 0.3 is 164 Å². The molecule has 148 heavy (non-hydrogen) atoms. The van der Waals surface area contributed by atoms with Gasteiger partial charge in [-0.05, 0) is 98.7 Å². The van der Waals surface area contributed by atoms with Crippen molar-refractivity contribution in [3.63, 3.8) is 0 Å². The number of phenols is 4. The summed E-state index contributed by atoms with van der Waals surface area (Å²) in [5.41, 5.74) is 3.66. The predicted octanol–water partition coefficient (Wildman–Crippen LogP) is 5.17. The summed E-state index contributed by atoms with van der Waals surface area (Å²) in [4.78, 5) is 189. The number of para-hydroxylation sites is 4. The fourth-order valence-electron chi connectivity index (χ4n) is 7.65. The number of allylic oxidation sites excluding steroid dienone is 1. The Labute approximate surface area is 941 Å². The van der Waals surface area contributed by atoms with E-state index in [0.29, 0.717) is 12.8 Å². The van der Waals surface area contributed by atoms with Gasteiger partial charge in [-0.25, -0.2) is 77.5 Å². The fraction of sp³-hybridized carbons (Fsp3) is 0.337. The monoisotopic (exact) mass is 2270 g/mol. The first-order valence-corrected chi connectivity index (χ1v) is 43.9. The molecule has 4 radical (unpaired) electrons. The van der Waals surface area contributed by atoms with Gasteiger partial charge < -0.3 is 121 Å². The molecule has 2 unspecified atom stereocenters. The number of alkyl halides is 7. The van der Waals surface area contributed by atoms with Gasteiger partial charge in [0.15, 0.2) is 25.8 Å². The fourth-order valence-corrected chi connectivity index (χ4v) is 7.65. The van der Waals surface area contributed by atoms with Crippen molar-refractivity contribution in [2.45, 2.75) is 69.9 Å². The number of amides is 3. The Balaban J connectivity index is -0.000000142. The second-order valence-corrected chi connectivity index (χ2v) is 28.5. The Morgan fingerprint density at radius 1 is 0.493 bits per heavy atom. The number of carboxylic acid groups (broad SMARTS) is 4. The molecule has 3 amide bonds. The van der Waals surface area contributed by atoms with Crippen LogP contribution < -0.4 is 85.9 Å². The minimum atomic E-state index is -1.57. The van der Waals surface area contributed by atoms with Crippen molar-refractivity contribution in [2.75, 3.05) is 128 Å². The summed E-state index contributed by atoms with van der Waals surface area (Å²) in [5, 5.41) is 111. The molecule has 4 aromatic carbocycles. The summed E-state index contributed by atoms with van der Waals surface area (Å²) in [5.74, 6) is -10.5. The standard InChI is InChI=1S/2C15H19NO7.C13H13NO7.C9H10N2O4.C7H6N4O.C7H7NO3.C6H15N.C5H8O3.C3H3ClO.C2H6O2.2CHCl3.CH3F.CH2O3.Al.B.HN.2Na.H/c2*1-3-9(2)14(20)22-7-8-23-15(21)16-11-6-4-5-10(12(11)17)13(18)19;1-2-10(15)20-6-7-21-13(19)14-9-5-3-4-8(11(9)16)12(17)18;1-2-8(12)14-5-6-15-9(13)11-4-3-10-7-11;12-7(10-3-1-8-5-10)11-4-2-9-6-11;8-5-3-1-2-4(6(5)9)7(10)11;1-4-7(5-2)6-3;1-2-5(7)8-4-3-6;1-2-3(4)5;3-1-2-4;2*2-1(3)4;1-2;2-1-4-3;;;;;;/h2*4-6,9,17H,3,7-8H2,1-2H3,(H,16,21)(H,18,19);2-5,16H,1,6-7H2,(H,14,19)(H,17,18);2-4,7H,1,5-6H2;1-6H;1-3,9H,8H2,(H,10,11);4-6H2,1-3H3;2,6H,1,3-4H2;2H,1H2;3-4H,1-2H2;2*1H;1H3;1,3H;;;1H;;;/q;;;;;;;;;;;;;;;;;2*+1;-1/p-1/i;;;;;;;;;;;;1D;;;;;;;. The van der Waals surface area contributed by atoms with Crippen molar-refractivity contribution >= 4 is 224 Å². The van der Waals surface area contributed by atoms with Crippen LogP contribution in [0.3, 0.4) is 0 Å². The molecular weight excluding hydrogens is 2160 g/mol. The second kappa shape index (κ2) is 105. The number of esters is 5. The summed E-state index contributed by atoms with van der Waals surface area (Å²) >= 11 is 35.2. The Hall–Kier alpha value is -12.1. The molecule has 0 aliphatic carbocycles. The van der Waals surface area contributed by atoms with E-state index in [1.165, 1.54) is 131 Å². The number of aromatic hydroxyl groups is 4. The van der Waals surface area contributed by atoms with Crippen molar-refractivity contribution in [1.29, 1.82) is 4.35 Å². The number of aliphatic hydroxyl groups is 3. The van der Waals surface area contributed by atoms with Crippen LogP contribution in [0.1, 0.15) is 106 Å². The molecule has 0 saturated heterocycles. The molecule has 17 N–H and O–H groups in total. The number of carboxylic acids is 4.